The van der Waals surface area contributed by atoms with Gasteiger partial charge in [-0.05, 0) is 50.5 Å². The number of Topliss-reactive ketones (excluding diaryl/α,β-unsaturated/α-hetero) is 1. The van der Waals surface area contributed by atoms with Crippen LogP contribution in [0, 0.1) is 20.8 Å². The predicted molar refractivity (Wildman–Crippen MR) is 101 cm³/mol. The highest BCUT2D eigenvalue weighted by Gasteiger charge is 2.20. The van der Waals surface area contributed by atoms with Gasteiger partial charge in [-0.15, -0.1) is 10.2 Å². The average molecular weight is 366 g/mol. The molecule has 0 saturated heterocycles. The largest absolute Gasteiger partial charge is 0.383 e. The van der Waals surface area contributed by atoms with Crippen LogP contribution in [-0.4, -0.2) is 41.5 Å². The number of anilines is 1. The zero-order valence-corrected chi connectivity index (χ0v) is 16.3. The smallest absolute Gasteiger partial charge is 0.206 e. The topological polar surface area (TPSA) is 64.1 Å². The van der Waals surface area contributed by atoms with Crippen molar-refractivity contribution in [2.45, 2.75) is 37.3 Å². The van der Waals surface area contributed by atoms with Crippen molar-refractivity contribution >= 4 is 34.0 Å². The maximum Gasteiger partial charge on any atom is 0.206 e. The Morgan fingerprint density at radius 2 is 1.96 bits per heavy atom. The van der Waals surface area contributed by atoms with Crippen molar-refractivity contribution in [3.63, 3.8) is 0 Å². The van der Waals surface area contributed by atoms with E-state index in [1.165, 1.54) is 28.7 Å². The van der Waals surface area contributed by atoms with Crippen LogP contribution >= 0.6 is 23.1 Å². The number of hydrogen-bond donors (Lipinski definition) is 1. The first-order valence-electron chi connectivity index (χ1n) is 7.77. The molecule has 1 aromatic heterocycles. The van der Waals surface area contributed by atoms with Crippen molar-refractivity contribution in [1.29, 1.82) is 0 Å². The maximum atomic E-state index is 12.8. The summed E-state index contributed by atoms with van der Waals surface area (Å²) in [7, 11) is 1.66. The van der Waals surface area contributed by atoms with E-state index in [1.54, 1.807) is 7.11 Å². The van der Waals surface area contributed by atoms with Crippen LogP contribution in [0.25, 0.3) is 0 Å². The number of hydrogen-bond acceptors (Lipinski definition) is 7. The molecular weight excluding hydrogens is 342 g/mol. The number of aromatic nitrogens is 2. The van der Waals surface area contributed by atoms with Gasteiger partial charge >= 0.3 is 0 Å². The van der Waals surface area contributed by atoms with Gasteiger partial charge in [-0.3, -0.25) is 4.79 Å². The van der Waals surface area contributed by atoms with Crippen LogP contribution in [-0.2, 0) is 4.74 Å². The summed E-state index contributed by atoms with van der Waals surface area (Å²) in [4.78, 5) is 12.8. The molecule has 0 bridgehead atoms. The molecule has 130 valence electrons. The lowest BCUT2D eigenvalue weighted by molar-refractivity contribution is 0.0993. The number of nitrogens with one attached hydrogen (secondary N) is 1. The molecule has 0 aliphatic heterocycles. The lowest BCUT2D eigenvalue weighted by Gasteiger charge is -2.12. The second kappa shape index (κ2) is 8.60. The lowest BCUT2D eigenvalue weighted by atomic mass is 9.97. The van der Waals surface area contributed by atoms with Crippen molar-refractivity contribution in [2.24, 2.45) is 0 Å². The van der Waals surface area contributed by atoms with Gasteiger partial charge in [0.05, 0.1) is 11.9 Å². The molecule has 1 heterocycles. The van der Waals surface area contributed by atoms with Crippen LogP contribution < -0.4 is 5.32 Å². The molecule has 24 heavy (non-hydrogen) atoms. The fraction of sp³-hybridized carbons (Fsp3) is 0.471. The van der Waals surface area contributed by atoms with Gasteiger partial charge in [-0.25, -0.2) is 0 Å². The number of nitrogens with zero attached hydrogens (tertiary/aromatic N) is 2. The summed E-state index contributed by atoms with van der Waals surface area (Å²) in [5.41, 5.74) is 4.16. The SMILES string of the molecule is COCCNc1nnc(SC(C)C(=O)c2cc(C)c(C)cc2C)s1. The second-order valence-electron chi connectivity index (χ2n) is 5.67. The number of aryl methyl sites for hydroxylation is 3. The summed E-state index contributed by atoms with van der Waals surface area (Å²) in [6.45, 7) is 9.30. The third-order valence-corrected chi connectivity index (χ3v) is 5.81. The Morgan fingerprint density at radius 1 is 1.25 bits per heavy atom. The second-order valence-corrected chi connectivity index (χ2v) is 8.23. The summed E-state index contributed by atoms with van der Waals surface area (Å²) in [6, 6.07) is 4.06. The van der Waals surface area contributed by atoms with E-state index in [1.807, 2.05) is 26.8 Å². The fourth-order valence-corrected chi connectivity index (χ4v) is 4.23. The third kappa shape index (κ3) is 4.78. The number of carbonyl (C=O) groups is 1. The molecule has 0 radical (unpaired) electrons. The van der Waals surface area contributed by atoms with E-state index in [4.69, 9.17) is 4.74 Å². The molecule has 1 N–H and O–H groups in total. The molecule has 2 rings (SSSR count). The number of rotatable bonds is 8. The summed E-state index contributed by atoms with van der Waals surface area (Å²) < 4.78 is 5.78. The molecule has 5 nitrogen and oxygen atoms in total. The average Bonchev–Trinajstić information content (AvgIpc) is 2.98. The molecule has 7 heteroatoms. The van der Waals surface area contributed by atoms with Crippen LogP contribution in [0.2, 0.25) is 0 Å². The first kappa shape index (κ1) is 18.9. The van der Waals surface area contributed by atoms with Gasteiger partial charge in [0.15, 0.2) is 10.1 Å². The Kier molecular flexibility index (Phi) is 6.77. The maximum absolute atomic E-state index is 12.8. The van der Waals surface area contributed by atoms with Crippen molar-refractivity contribution in [3.8, 4) is 0 Å². The van der Waals surface area contributed by atoms with Crippen LogP contribution in [0.15, 0.2) is 16.5 Å². The quantitative estimate of drug-likeness (QED) is 0.435. The monoisotopic (exact) mass is 365 g/mol. The first-order chi connectivity index (χ1) is 11.4. The highest BCUT2D eigenvalue weighted by Crippen LogP contribution is 2.31. The minimum absolute atomic E-state index is 0.129. The molecular formula is C17H23N3O2S2. The minimum Gasteiger partial charge on any atom is -0.383 e. The van der Waals surface area contributed by atoms with E-state index < -0.39 is 0 Å². The zero-order valence-electron chi connectivity index (χ0n) is 14.7. The van der Waals surface area contributed by atoms with Gasteiger partial charge in [0, 0.05) is 19.2 Å². The first-order valence-corrected chi connectivity index (χ1v) is 9.47. The van der Waals surface area contributed by atoms with E-state index in [-0.39, 0.29) is 11.0 Å². The number of methoxy groups -OCH3 is 1. The van der Waals surface area contributed by atoms with Gasteiger partial charge < -0.3 is 10.1 Å². The number of ether oxygens (including phenoxy) is 1. The Morgan fingerprint density at radius 3 is 2.67 bits per heavy atom. The summed E-state index contributed by atoms with van der Waals surface area (Å²) in [5.74, 6) is 0.129. The number of benzene rings is 1. The van der Waals surface area contributed by atoms with Gasteiger partial charge in [-0.1, -0.05) is 29.2 Å². The molecule has 0 spiro atoms. The molecule has 0 aliphatic carbocycles. The van der Waals surface area contributed by atoms with Crippen molar-refractivity contribution < 1.29 is 9.53 Å². The van der Waals surface area contributed by atoms with Gasteiger partial charge in [-0.2, -0.15) is 0 Å². The van der Waals surface area contributed by atoms with Crippen LogP contribution in [0.4, 0.5) is 5.13 Å². The number of ketones is 1. The van der Waals surface area contributed by atoms with Crippen molar-refractivity contribution in [1.82, 2.24) is 10.2 Å². The Labute approximate surface area is 151 Å². The molecule has 0 amide bonds. The summed E-state index contributed by atoms with van der Waals surface area (Å²) >= 11 is 2.91. The van der Waals surface area contributed by atoms with Crippen molar-refractivity contribution in [2.75, 3.05) is 25.6 Å². The molecule has 0 aliphatic rings. The van der Waals surface area contributed by atoms with E-state index in [2.05, 4.69) is 28.5 Å². The Hall–Kier alpha value is -1.44. The standard InChI is InChI=1S/C17H23N3O2S2/c1-10-8-12(3)14(9-11(10)2)15(21)13(4)23-17-20-19-16(24-17)18-6-7-22-5/h8-9,13H,6-7H2,1-5H3,(H,18,19). The molecule has 0 saturated carbocycles. The van der Waals surface area contributed by atoms with E-state index in [9.17, 15) is 4.79 Å². The predicted octanol–water partition coefficient (Wildman–Crippen LogP) is 3.89. The van der Waals surface area contributed by atoms with Gasteiger partial charge in [0.25, 0.3) is 0 Å². The van der Waals surface area contributed by atoms with Crippen molar-refractivity contribution in [3.05, 3.63) is 34.4 Å². The van der Waals surface area contributed by atoms with Gasteiger partial charge in [0.2, 0.25) is 5.13 Å². The highest BCUT2D eigenvalue weighted by molar-refractivity contribution is 8.02. The van der Waals surface area contributed by atoms with Crippen LogP contribution in [0.5, 0.6) is 0 Å². The highest BCUT2D eigenvalue weighted by atomic mass is 32.2. The Bertz CT molecular complexity index is 716. The number of thioether (sulfide) groups is 1. The third-order valence-electron chi connectivity index (χ3n) is 3.74. The lowest BCUT2D eigenvalue weighted by Crippen LogP contribution is -2.15. The molecule has 2 aromatic rings. The minimum atomic E-state index is -0.203. The van der Waals surface area contributed by atoms with Crippen LogP contribution in [0.3, 0.4) is 0 Å². The van der Waals surface area contributed by atoms with Crippen LogP contribution in [0.1, 0.15) is 34.0 Å². The van der Waals surface area contributed by atoms with E-state index >= 15 is 0 Å². The van der Waals surface area contributed by atoms with Gasteiger partial charge in [0.1, 0.15) is 0 Å². The molecule has 0 fully saturated rings. The number of carbonyl (C=O) groups excluding carboxylic acids is 1. The summed E-state index contributed by atoms with van der Waals surface area (Å²) in [5, 5.41) is 11.9. The zero-order chi connectivity index (χ0) is 17.7. The molecule has 1 aromatic carbocycles. The fourth-order valence-electron chi connectivity index (χ4n) is 2.24. The van der Waals surface area contributed by atoms with E-state index in [0.717, 1.165) is 26.2 Å². The molecule has 1 atom stereocenters. The van der Waals surface area contributed by atoms with E-state index in [0.29, 0.717) is 13.2 Å². The summed E-state index contributed by atoms with van der Waals surface area (Å²) in [6.07, 6.45) is 0. The Balaban J connectivity index is 2.03. The normalized spacial score (nSPS) is 12.2. The molecule has 1 unspecified atom stereocenters.